The predicted octanol–water partition coefficient (Wildman–Crippen LogP) is 2.34. The van der Waals surface area contributed by atoms with Crippen molar-refractivity contribution in [3.63, 3.8) is 0 Å². The fraction of sp³-hybridized carbons (Fsp3) is 0.263. The van der Waals surface area contributed by atoms with E-state index in [1.165, 1.54) is 6.92 Å². The summed E-state index contributed by atoms with van der Waals surface area (Å²) >= 11 is 0. The second kappa shape index (κ2) is 7.75. The largest absolute Gasteiger partial charge is 0.508 e. The lowest BCUT2D eigenvalue weighted by atomic mass is 9.92. The number of carbonyl (C=O) groups is 2. The third kappa shape index (κ3) is 4.43. The number of ketones is 1. The molecule has 2 rings (SSSR count). The Bertz CT molecular complexity index is 724. The number of hydrogen-bond donors (Lipinski definition) is 3. The summed E-state index contributed by atoms with van der Waals surface area (Å²) in [4.78, 5) is 24.5. The summed E-state index contributed by atoms with van der Waals surface area (Å²) in [5, 5.41) is 12.1. The minimum atomic E-state index is -0.688. The number of hydrogen-bond acceptors (Lipinski definition) is 4. The van der Waals surface area contributed by atoms with Gasteiger partial charge in [0, 0.05) is 24.9 Å². The lowest BCUT2D eigenvalue weighted by Crippen LogP contribution is -2.41. The average molecular weight is 326 g/mol. The molecule has 2 atom stereocenters. The Labute approximate surface area is 141 Å². The van der Waals surface area contributed by atoms with Crippen molar-refractivity contribution >= 4 is 11.7 Å². The highest BCUT2D eigenvalue weighted by atomic mass is 16.3. The Morgan fingerprint density at radius 2 is 1.75 bits per heavy atom. The lowest BCUT2D eigenvalue weighted by Gasteiger charge is -2.20. The number of nitrogens with one attached hydrogen (secondary N) is 1. The van der Waals surface area contributed by atoms with Gasteiger partial charge in [0.2, 0.25) is 5.91 Å². The van der Waals surface area contributed by atoms with Gasteiger partial charge in [0.05, 0.1) is 6.04 Å². The van der Waals surface area contributed by atoms with Crippen molar-refractivity contribution in [2.75, 3.05) is 0 Å². The first kappa shape index (κ1) is 17.7. The number of phenolic OH excluding ortho intramolecular Hbond substituents is 1. The van der Waals surface area contributed by atoms with Gasteiger partial charge < -0.3 is 16.2 Å². The summed E-state index contributed by atoms with van der Waals surface area (Å²) < 4.78 is 0. The van der Waals surface area contributed by atoms with E-state index in [0.29, 0.717) is 12.0 Å². The van der Waals surface area contributed by atoms with E-state index in [2.05, 4.69) is 5.32 Å². The molecular weight excluding hydrogens is 304 g/mol. The molecule has 4 N–H and O–H groups in total. The van der Waals surface area contributed by atoms with Gasteiger partial charge in [-0.2, -0.15) is 0 Å². The molecule has 5 heteroatoms. The molecule has 0 aliphatic heterocycles. The van der Waals surface area contributed by atoms with Gasteiger partial charge in [-0.3, -0.25) is 9.59 Å². The van der Waals surface area contributed by atoms with Crippen LogP contribution in [0.1, 0.15) is 41.4 Å². The molecule has 2 aromatic rings. The van der Waals surface area contributed by atoms with Gasteiger partial charge in [-0.25, -0.2) is 0 Å². The van der Waals surface area contributed by atoms with Crippen LogP contribution in [0, 0.1) is 0 Å². The summed E-state index contributed by atoms with van der Waals surface area (Å²) in [6.07, 6.45) is 0.339. The monoisotopic (exact) mass is 326 g/mol. The summed E-state index contributed by atoms with van der Waals surface area (Å²) in [6, 6.07) is 12.8. The van der Waals surface area contributed by atoms with E-state index in [0.717, 1.165) is 11.1 Å². The predicted molar refractivity (Wildman–Crippen MR) is 92.8 cm³/mol. The first-order valence-electron chi connectivity index (χ1n) is 7.82. The topological polar surface area (TPSA) is 92.4 Å². The zero-order valence-electron chi connectivity index (χ0n) is 13.8. The minimum Gasteiger partial charge on any atom is -0.508 e. The number of benzene rings is 2. The number of Topliss-reactive ketones (excluding diaryl/α,β-unsaturated/α-hetero) is 1. The fourth-order valence-corrected chi connectivity index (χ4v) is 2.63. The Morgan fingerprint density at radius 3 is 2.33 bits per heavy atom. The van der Waals surface area contributed by atoms with Crippen molar-refractivity contribution in [2.45, 2.75) is 32.4 Å². The fourth-order valence-electron chi connectivity index (χ4n) is 2.63. The number of rotatable bonds is 6. The molecule has 0 bridgehead atoms. The van der Waals surface area contributed by atoms with E-state index in [1.54, 1.807) is 36.4 Å². The molecule has 0 aromatic heterocycles. The second-order valence-corrected chi connectivity index (χ2v) is 5.86. The highest BCUT2D eigenvalue weighted by molar-refractivity contribution is 6.03. The van der Waals surface area contributed by atoms with E-state index >= 15 is 0 Å². The van der Waals surface area contributed by atoms with Crippen molar-refractivity contribution in [1.82, 2.24) is 5.32 Å². The molecule has 126 valence electrons. The summed E-state index contributed by atoms with van der Waals surface area (Å²) in [7, 11) is 0. The maximum atomic E-state index is 13.0. The van der Waals surface area contributed by atoms with Crippen LogP contribution in [0.2, 0.25) is 0 Å². The minimum absolute atomic E-state index is 0.156. The van der Waals surface area contributed by atoms with Crippen molar-refractivity contribution in [1.29, 1.82) is 0 Å². The lowest BCUT2D eigenvalue weighted by molar-refractivity contribution is -0.119. The van der Waals surface area contributed by atoms with Gasteiger partial charge in [-0.15, -0.1) is 0 Å². The van der Waals surface area contributed by atoms with Crippen molar-refractivity contribution in [3.05, 3.63) is 65.2 Å². The number of phenols is 1. The quantitative estimate of drug-likeness (QED) is 0.710. The van der Waals surface area contributed by atoms with Crippen molar-refractivity contribution in [2.24, 2.45) is 5.73 Å². The maximum absolute atomic E-state index is 13.0. The molecule has 24 heavy (non-hydrogen) atoms. The third-order valence-corrected chi connectivity index (χ3v) is 3.79. The van der Waals surface area contributed by atoms with Crippen LogP contribution in [0.4, 0.5) is 0 Å². The standard InChI is InChI=1S/C19H22N2O3/c1-12(20)16-5-3-4-6-17(16)19(24)18(21-13(2)22)11-14-7-9-15(23)10-8-14/h3-10,12,18,23H,11,20H2,1-2H3,(H,21,22). The molecule has 0 aliphatic rings. The first-order chi connectivity index (χ1) is 11.4. The molecule has 0 heterocycles. The second-order valence-electron chi connectivity index (χ2n) is 5.86. The highest BCUT2D eigenvalue weighted by Crippen LogP contribution is 2.19. The third-order valence-electron chi connectivity index (χ3n) is 3.79. The summed E-state index contributed by atoms with van der Waals surface area (Å²) in [6.45, 7) is 3.20. The van der Waals surface area contributed by atoms with E-state index < -0.39 is 6.04 Å². The molecule has 5 nitrogen and oxygen atoms in total. The summed E-state index contributed by atoms with van der Waals surface area (Å²) in [5.74, 6) is -0.292. The summed E-state index contributed by atoms with van der Waals surface area (Å²) in [5.41, 5.74) is 8.07. The van der Waals surface area contributed by atoms with Crippen LogP contribution in [-0.4, -0.2) is 22.8 Å². The van der Waals surface area contributed by atoms with Crippen LogP contribution in [-0.2, 0) is 11.2 Å². The normalized spacial score (nSPS) is 13.1. The van der Waals surface area contributed by atoms with Gasteiger partial charge in [-0.1, -0.05) is 36.4 Å². The first-order valence-corrected chi connectivity index (χ1v) is 7.82. The van der Waals surface area contributed by atoms with Crippen LogP contribution in [0.3, 0.4) is 0 Å². The van der Waals surface area contributed by atoms with Crippen LogP contribution < -0.4 is 11.1 Å². The van der Waals surface area contributed by atoms with Crippen LogP contribution in [0.15, 0.2) is 48.5 Å². The van der Waals surface area contributed by atoms with E-state index in [-0.39, 0.29) is 23.5 Å². The van der Waals surface area contributed by atoms with E-state index in [9.17, 15) is 14.7 Å². The number of aromatic hydroxyl groups is 1. The maximum Gasteiger partial charge on any atom is 0.217 e. The molecule has 2 aromatic carbocycles. The molecular formula is C19H22N2O3. The molecule has 0 saturated heterocycles. The Kier molecular flexibility index (Phi) is 5.71. The van der Waals surface area contributed by atoms with Gasteiger partial charge >= 0.3 is 0 Å². The van der Waals surface area contributed by atoms with Crippen molar-refractivity contribution < 1.29 is 14.7 Å². The molecule has 0 aliphatic carbocycles. The highest BCUT2D eigenvalue weighted by Gasteiger charge is 2.24. The van der Waals surface area contributed by atoms with Crippen LogP contribution >= 0.6 is 0 Å². The van der Waals surface area contributed by atoms with E-state index in [4.69, 9.17) is 5.73 Å². The van der Waals surface area contributed by atoms with Gasteiger partial charge in [0.15, 0.2) is 5.78 Å². The average Bonchev–Trinajstić information content (AvgIpc) is 2.55. The number of amides is 1. The van der Waals surface area contributed by atoms with Crippen LogP contribution in [0.5, 0.6) is 5.75 Å². The zero-order chi connectivity index (χ0) is 17.7. The molecule has 0 radical (unpaired) electrons. The molecule has 1 amide bonds. The number of carbonyl (C=O) groups excluding carboxylic acids is 2. The smallest absolute Gasteiger partial charge is 0.217 e. The molecule has 0 spiro atoms. The zero-order valence-corrected chi connectivity index (χ0v) is 13.8. The number of nitrogens with two attached hydrogens (primary N) is 1. The van der Waals surface area contributed by atoms with Crippen LogP contribution in [0.25, 0.3) is 0 Å². The van der Waals surface area contributed by atoms with Gasteiger partial charge in [0.1, 0.15) is 5.75 Å². The van der Waals surface area contributed by atoms with E-state index in [1.807, 2.05) is 19.1 Å². The Hall–Kier alpha value is -2.66. The SMILES string of the molecule is CC(=O)NC(Cc1ccc(O)cc1)C(=O)c1ccccc1C(C)N. The Morgan fingerprint density at radius 1 is 1.12 bits per heavy atom. The van der Waals surface area contributed by atoms with Crippen molar-refractivity contribution in [3.8, 4) is 5.75 Å². The molecule has 2 unspecified atom stereocenters. The molecule has 0 fully saturated rings. The molecule has 0 saturated carbocycles. The van der Waals surface area contributed by atoms with Gasteiger partial charge in [0.25, 0.3) is 0 Å². The Balaban J connectivity index is 2.32. The van der Waals surface area contributed by atoms with Gasteiger partial charge in [-0.05, 0) is 30.2 Å².